The second-order valence-corrected chi connectivity index (χ2v) is 4.13. The topological polar surface area (TPSA) is 145 Å². The molecule has 0 saturated carbocycles. The van der Waals surface area contributed by atoms with E-state index in [2.05, 4.69) is 4.98 Å². The van der Waals surface area contributed by atoms with Gasteiger partial charge in [-0.25, -0.2) is 9.78 Å². The average Bonchev–Trinajstić information content (AvgIpc) is 2.38. The van der Waals surface area contributed by atoms with Gasteiger partial charge in [0.25, 0.3) is 5.91 Å². The van der Waals surface area contributed by atoms with Crippen molar-refractivity contribution in [2.24, 2.45) is 5.73 Å². The second-order valence-electron chi connectivity index (χ2n) is 4.13. The molecular formula is C13H12N4O3. The number of aromatic carboxylic acids is 1. The molecule has 0 radical (unpaired) electrons. The fourth-order valence-electron chi connectivity index (χ4n) is 1.77. The van der Waals surface area contributed by atoms with E-state index >= 15 is 0 Å². The van der Waals surface area contributed by atoms with E-state index in [4.69, 9.17) is 22.3 Å². The molecule has 102 valence electrons. The summed E-state index contributed by atoms with van der Waals surface area (Å²) in [6.07, 6.45) is 1.46. The standard InChI is InChI=1S/C13H12N4O3/c14-10-4-6(1-2-8(10)13(19)20)7-3-9(12(16)18)11(15)17-5-7/h1-5H,14H2,(H2,15,17)(H2,16,18)(H,19,20). The van der Waals surface area contributed by atoms with Gasteiger partial charge in [-0.05, 0) is 23.8 Å². The van der Waals surface area contributed by atoms with Crippen LogP contribution in [-0.4, -0.2) is 22.0 Å². The highest BCUT2D eigenvalue weighted by molar-refractivity contribution is 5.99. The first kappa shape index (κ1) is 13.3. The first-order chi connectivity index (χ1) is 9.40. The van der Waals surface area contributed by atoms with Crippen molar-refractivity contribution in [3.05, 3.63) is 41.6 Å². The molecule has 20 heavy (non-hydrogen) atoms. The number of nitrogen functional groups attached to an aromatic ring is 2. The number of benzene rings is 1. The van der Waals surface area contributed by atoms with Crippen molar-refractivity contribution in [2.45, 2.75) is 0 Å². The number of carboxylic acids is 1. The maximum atomic E-state index is 11.2. The Balaban J connectivity index is 2.52. The molecule has 1 heterocycles. The predicted molar refractivity (Wildman–Crippen MR) is 74.0 cm³/mol. The lowest BCUT2D eigenvalue weighted by molar-refractivity contribution is 0.0698. The van der Waals surface area contributed by atoms with E-state index in [0.29, 0.717) is 11.1 Å². The summed E-state index contributed by atoms with van der Waals surface area (Å²) in [4.78, 5) is 26.0. The third kappa shape index (κ3) is 2.37. The van der Waals surface area contributed by atoms with Gasteiger partial charge in [-0.3, -0.25) is 4.79 Å². The zero-order chi connectivity index (χ0) is 14.9. The van der Waals surface area contributed by atoms with Crippen LogP contribution >= 0.6 is 0 Å². The molecule has 2 aromatic rings. The maximum absolute atomic E-state index is 11.2. The number of anilines is 2. The Labute approximate surface area is 114 Å². The van der Waals surface area contributed by atoms with Crippen molar-refractivity contribution in [1.82, 2.24) is 4.98 Å². The van der Waals surface area contributed by atoms with Gasteiger partial charge in [-0.2, -0.15) is 0 Å². The summed E-state index contributed by atoms with van der Waals surface area (Å²) < 4.78 is 0. The van der Waals surface area contributed by atoms with Crippen molar-refractivity contribution in [2.75, 3.05) is 11.5 Å². The molecule has 0 atom stereocenters. The Morgan fingerprint density at radius 1 is 1.05 bits per heavy atom. The number of pyridine rings is 1. The smallest absolute Gasteiger partial charge is 0.337 e. The van der Waals surface area contributed by atoms with Crippen LogP contribution in [0.5, 0.6) is 0 Å². The molecular weight excluding hydrogens is 260 g/mol. The zero-order valence-corrected chi connectivity index (χ0v) is 10.3. The summed E-state index contributed by atoms with van der Waals surface area (Å²) in [7, 11) is 0. The fraction of sp³-hybridized carbons (Fsp3) is 0. The van der Waals surface area contributed by atoms with Crippen LogP contribution in [0.25, 0.3) is 11.1 Å². The van der Waals surface area contributed by atoms with Gasteiger partial charge in [0.2, 0.25) is 0 Å². The molecule has 0 aliphatic heterocycles. The van der Waals surface area contributed by atoms with E-state index in [1.807, 2.05) is 0 Å². The number of hydrogen-bond acceptors (Lipinski definition) is 5. The summed E-state index contributed by atoms with van der Waals surface area (Å²) in [5, 5.41) is 8.91. The minimum Gasteiger partial charge on any atom is -0.478 e. The van der Waals surface area contributed by atoms with Gasteiger partial charge in [0.05, 0.1) is 11.1 Å². The molecule has 0 aliphatic rings. The summed E-state index contributed by atoms with van der Waals surface area (Å²) in [5.41, 5.74) is 17.8. The molecule has 1 aromatic carbocycles. The van der Waals surface area contributed by atoms with Gasteiger partial charge in [0.1, 0.15) is 5.82 Å². The SMILES string of the molecule is NC(=O)c1cc(-c2ccc(C(=O)O)c(N)c2)cnc1N. The largest absolute Gasteiger partial charge is 0.478 e. The minimum absolute atomic E-state index is 0.00674. The lowest BCUT2D eigenvalue weighted by Crippen LogP contribution is -2.14. The van der Waals surface area contributed by atoms with Crippen LogP contribution in [0.4, 0.5) is 11.5 Å². The Kier molecular flexibility index (Phi) is 3.26. The van der Waals surface area contributed by atoms with Crippen LogP contribution < -0.4 is 17.2 Å². The highest BCUT2D eigenvalue weighted by Gasteiger charge is 2.12. The van der Waals surface area contributed by atoms with Crippen molar-refractivity contribution in [3.63, 3.8) is 0 Å². The molecule has 0 fully saturated rings. The number of carbonyl (C=O) groups is 2. The van der Waals surface area contributed by atoms with E-state index in [9.17, 15) is 9.59 Å². The third-order valence-corrected chi connectivity index (χ3v) is 2.80. The first-order valence-electron chi connectivity index (χ1n) is 5.58. The Hall–Kier alpha value is -3.09. The van der Waals surface area contributed by atoms with Crippen LogP contribution in [0, 0.1) is 0 Å². The number of nitrogens with two attached hydrogens (primary N) is 3. The van der Waals surface area contributed by atoms with Crippen molar-refractivity contribution >= 4 is 23.4 Å². The average molecular weight is 272 g/mol. The quantitative estimate of drug-likeness (QED) is 0.605. The Bertz CT molecular complexity index is 713. The number of rotatable bonds is 3. The summed E-state index contributed by atoms with van der Waals surface area (Å²) in [6.45, 7) is 0. The Morgan fingerprint density at radius 3 is 2.30 bits per heavy atom. The normalized spacial score (nSPS) is 10.2. The van der Waals surface area contributed by atoms with Crippen LogP contribution in [0.2, 0.25) is 0 Å². The van der Waals surface area contributed by atoms with Gasteiger partial charge in [-0.15, -0.1) is 0 Å². The molecule has 7 N–H and O–H groups in total. The van der Waals surface area contributed by atoms with E-state index < -0.39 is 11.9 Å². The van der Waals surface area contributed by atoms with Gasteiger partial charge < -0.3 is 22.3 Å². The van der Waals surface area contributed by atoms with E-state index in [1.54, 1.807) is 6.07 Å². The van der Waals surface area contributed by atoms with Crippen molar-refractivity contribution in [1.29, 1.82) is 0 Å². The number of aromatic nitrogens is 1. The predicted octanol–water partition coefficient (Wildman–Crippen LogP) is 0.710. The van der Waals surface area contributed by atoms with Gasteiger partial charge in [0.15, 0.2) is 0 Å². The molecule has 7 heteroatoms. The number of hydrogen-bond donors (Lipinski definition) is 4. The molecule has 1 aromatic heterocycles. The molecule has 2 rings (SSSR count). The first-order valence-corrected chi connectivity index (χ1v) is 5.58. The molecule has 1 amide bonds. The van der Waals surface area contributed by atoms with Crippen LogP contribution in [-0.2, 0) is 0 Å². The number of primary amides is 1. The minimum atomic E-state index is -1.11. The molecule has 0 aliphatic carbocycles. The highest BCUT2D eigenvalue weighted by Crippen LogP contribution is 2.25. The van der Waals surface area contributed by atoms with Gasteiger partial charge in [0, 0.05) is 17.4 Å². The summed E-state index contributed by atoms with van der Waals surface area (Å²) in [5.74, 6) is -1.76. The van der Waals surface area contributed by atoms with Crippen molar-refractivity contribution in [3.8, 4) is 11.1 Å². The zero-order valence-electron chi connectivity index (χ0n) is 10.3. The lowest BCUT2D eigenvalue weighted by Gasteiger charge is -2.07. The third-order valence-electron chi connectivity index (χ3n) is 2.80. The van der Waals surface area contributed by atoms with Gasteiger partial charge in [-0.1, -0.05) is 6.07 Å². The summed E-state index contributed by atoms with van der Waals surface area (Å²) in [6, 6.07) is 5.92. The highest BCUT2D eigenvalue weighted by atomic mass is 16.4. The monoisotopic (exact) mass is 272 g/mol. The van der Waals surface area contributed by atoms with E-state index in [0.717, 1.165) is 0 Å². The molecule has 0 saturated heterocycles. The summed E-state index contributed by atoms with van der Waals surface area (Å²) >= 11 is 0. The number of carbonyl (C=O) groups excluding carboxylic acids is 1. The molecule has 7 nitrogen and oxygen atoms in total. The van der Waals surface area contributed by atoms with E-state index in [1.165, 1.54) is 24.4 Å². The van der Waals surface area contributed by atoms with Crippen LogP contribution in [0.15, 0.2) is 30.5 Å². The van der Waals surface area contributed by atoms with Gasteiger partial charge >= 0.3 is 5.97 Å². The van der Waals surface area contributed by atoms with E-state index in [-0.39, 0.29) is 22.6 Å². The molecule has 0 unspecified atom stereocenters. The molecule has 0 bridgehead atoms. The number of amides is 1. The van der Waals surface area contributed by atoms with Crippen molar-refractivity contribution < 1.29 is 14.7 Å². The number of nitrogens with zero attached hydrogens (tertiary/aromatic N) is 1. The Morgan fingerprint density at radius 2 is 1.75 bits per heavy atom. The fourth-order valence-corrected chi connectivity index (χ4v) is 1.77. The second kappa shape index (κ2) is 4.88. The van der Waals surface area contributed by atoms with Crippen LogP contribution in [0.1, 0.15) is 20.7 Å². The lowest BCUT2D eigenvalue weighted by atomic mass is 10.0. The molecule has 0 spiro atoms. The maximum Gasteiger partial charge on any atom is 0.337 e. The van der Waals surface area contributed by atoms with Crippen LogP contribution in [0.3, 0.4) is 0 Å². The number of carboxylic acid groups (broad SMARTS) is 1.